The molecular weight excluding hydrogens is 224 g/mol. The van der Waals surface area contributed by atoms with Crippen LogP contribution in [0.1, 0.15) is 38.5 Å². The van der Waals surface area contributed by atoms with Crippen LogP contribution in [-0.2, 0) is 9.47 Å². The van der Waals surface area contributed by atoms with Crippen LogP contribution < -0.4 is 0 Å². The molecule has 2 rings (SSSR count). The van der Waals surface area contributed by atoms with Crippen molar-refractivity contribution in [1.82, 2.24) is 0 Å². The fourth-order valence-electron chi connectivity index (χ4n) is 3.54. The van der Waals surface area contributed by atoms with E-state index in [-0.39, 0.29) is 12.2 Å². The van der Waals surface area contributed by atoms with E-state index in [9.17, 15) is 0 Å². The summed E-state index contributed by atoms with van der Waals surface area (Å²) in [4.78, 5) is 0. The van der Waals surface area contributed by atoms with Gasteiger partial charge in [-0.2, -0.15) is 0 Å². The molecule has 0 amide bonds. The molecule has 0 aromatic carbocycles. The van der Waals surface area contributed by atoms with Gasteiger partial charge in [0.05, 0.1) is 25.4 Å². The Morgan fingerprint density at radius 2 is 1.28 bits per heavy atom. The second kappa shape index (κ2) is 7.10. The summed E-state index contributed by atoms with van der Waals surface area (Å²) < 4.78 is 11.8. The van der Waals surface area contributed by atoms with E-state index >= 15 is 0 Å². The van der Waals surface area contributed by atoms with Gasteiger partial charge in [0, 0.05) is 0 Å². The van der Waals surface area contributed by atoms with Crippen molar-refractivity contribution in [1.29, 1.82) is 0 Å². The zero-order valence-corrected chi connectivity index (χ0v) is 11.4. The van der Waals surface area contributed by atoms with Crippen molar-refractivity contribution < 1.29 is 9.47 Å². The van der Waals surface area contributed by atoms with Gasteiger partial charge in [-0.15, -0.1) is 13.2 Å². The summed E-state index contributed by atoms with van der Waals surface area (Å²) in [6.07, 6.45) is 12.1. The predicted octanol–water partition coefficient (Wildman–Crippen LogP) is 3.73. The molecule has 2 saturated carbocycles. The third-order valence-corrected chi connectivity index (χ3v) is 4.41. The Labute approximate surface area is 111 Å². The second-order valence-corrected chi connectivity index (χ2v) is 5.60. The van der Waals surface area contributed by atoms with Crippen molar-refractivity contribution in [2.24, 2.45) is 11.8 Å². The van der Waals surface area contributed by atoms with Crippen LogP contribution in [0.3, 0.4) is 0 Å². The molecule has 18 heavy (non-hydrogen) atoms. The molecule has 4 atom stereocenters. The Kier molecular flexibility index (Phi) is 5.45. The zero-order valence-electron chi connectivity index (χ0n) is 11.4. The largest absolute Gasteiger partial charge is 0.371 e. The average molecular weight is 250 g/mol. The maximum absolute atomic E-state index is 5.91. The molecule has 0 heterocycles. The summed E-state index contributed by atoms with van der Waals surface area (Å²) in [7, 11) is 0. The van der Waals surface area contributed by atoms with Crippen molar-refractivity contribution in [2.75, 3.05) is 13.2 Å². The minimum absolute atomic E-state index is 0.252. The van der Waals surface area contributed by atoms with Crippen molar-refractivity contribution in [3.63, 3.8) is 0 Å². The van der Waals surface area contributed by atoms with Gasteiger partial charge in [0.15, 0.2) is 0 Å². The standard InChI is InChI=1S/C16H26O2/c1-3-9-17-15-11-13-7-5-6-8-14(13)12-16(15)18-10-4-2/h3-4,13-16H,1-2,5-12H2. The smallest absolute Gasteiger partial charge is 0.0843 e. The first-order valence-corrected chi connectivity index (χ1v) is 7.30. The zero-order chi connectivity index (χ0) is 12.8. The van der Waals surface area contributed by atoms with Crippen LogP contribution in [0.4, 0.5) is 0 Å². The summed E-state index contributed by atoms with van der Waals surface area (Å²) in [5, 5.41) is 0. The van der Waals surface area contributed by atoms with Gasteiger partial charge in [0.2, 0.25) is 0 Å². The summed E-state index contributed by atoms with van der Waals surface area (Å²) in [5.41, 5.74) is 0. The van der Waals surface area contributed by atoms with Gasteiger partial charge in [0.25, 0.3) is 0 Å². The molecule has 102 valence electrons. The molecular formula is C16H26O2. The first-order chi connectivity index (χ1) is 8.85. The number of hydrogen-bond donors (Lipinski definition) is 0. The molecule has 2 heteroatoms. The molecule has 2 aliphatic rings. The average Bonchev–Trinajstić information content (AvgIpc) is 2.42. The Balaban J connectivity index is 1.94. The SMILES string of the molecule is C=CCOC1CC2CCCCC2CC1OCC=C. The molecule has 4 unspecified atom stereocenters. The third kappa shape index (κ3) is 3.46. The van der Waals surface area contributed by atoms with E-state index < -0.39 is 0 Å². The lowest BCUT2D eigenvalue weighted by Gasteiger charge is -2.43. The lowest BCUT2D eigenvalue weighted by molar-refractivity contribution is -0.110. The molecule has 2 aliphatic carbocycles. The quantitative estimate of drug-likeness (QED) is 0.669. The lowest BCUT2D eigenvalue weighted by atomic mass is 9.69. The van der Waals surface area contributed by atoms with E-state index in [1.807, 2.05) is 12.2 Å². The number of ether oxygens (including phenoxy) is 2. The summed E-state index contributed by atoms with van der Waals surface area (Å²) in [6, 6.07) is 0. The highest BCUT2D eigenvalue weighted by atomic mass is 16.5. The maximum atomic E-state index is 5.91. The molecule has 0 aliphatic heterocycles. The van der Waals surface area contributed by atoms with Crippen LogP contribution in [0, 0.1) is 11.8 Å². The van der Waals surface area contributed by atoms with Crippen molar-refractivity contribution >= 4 is 0 Å². The van der Waals surface area contributed by atoms with Gasteiger partial charge >= 0.3 is 0 Å². The van der Waals surface area contributed by atoms with E-state index in [0.29, 0.717) is 13.2 Å². The van der Waals surface area contributed by atoms with Gasteiger partial charge in [-0.1, -0.05) is 37.8 Å². The predicted molar refractivity (Wildman–Crippen MR) is 74.6 cm³/mol. The first-order valence-electron chi connectivity index (χ1n) is 7.30. The molecule has 0 saturated heterocycles. The fourth-order valence-corrected chi connectivity index (χ4v) is 3.54. The molecule has 2 nitrogen and oxygen atoms in total. The van der Waals surface area contributed by atoms with Crippen LogP contribution in [0.5, 0.6) is 0 Å². The van der Waals surface area contributed by atoms with Crippen LogP contribution in [0.2, 0.25) is 0 Å². The number of rotatable bonds is 6. The summed E-state index contributed by atoms with van der Waals surface area (Å²) in [6.45, 7) is 8.73. The normalized spacial score (nSPS) is 35.8. The number of fused-ring (bicyclic) bond motifs is 1. The molecule has 0 spiro atoms. The van der Waals surface area contributed by atoms with Gasteiger partial charge in [-0.25, -0.2) is 0 Å². The van der Waals surface area contributed by atoms with E-state index in [2.05, 4.69) is 13.2 Å². The van der Waals surface area contributed by atoms with Gasteiger partial charge < -0.3 is 9.47 Å². The molecule has 0 aromatic heterocycles. The van der Waals surface area contributed by atoms with E-state index in [0.717, 1.165) is 11.8 Å². The minimum Gasteiger partial charge on any atom is -0.371 e. The van der Waals surface area contributed by atoms with Crippen molar-refractivity contribution in [3.8, 4) is 0 Å². The van der Waals surface area contributed by atoms with E-state index in [4.69, 9.17) is 9.47 Å². The highest BCUT2D eigenvalue weighted by Crippen LogP contribution is 2.42. The van der Waals surface area contributed by atoms with Crippen LogP contribution >= 0.6 is 0 Å². The van der Waals surface area contributed by atoms with Gasteiger partial charge in [-0.05, 0) is 24.7 Å². The lowest BCUT2D eigenvalue weighted by Crippen LogP contribution is -2.43. The van der Waals surface area contributed by atoms with E-state index in [1.54, 1.807) is 0 Å². The monoisotopic (exact) mass is 250 g/mol. The Bertz CT molecular complexity index is 246. The second-order valence-electron chi connectivity index (χ2n) is 5.60. The highest BCUT2D eigenvalue weighted by molar-refractivity contribution is 4.90. The summed E-state index contributed by atoms with van der Waals surface area (Å²) in [5.74, 6) is 1.72. The topological polar surface area (TPSA) is 18.5 Å². The van der Waals surface area contributed by atoms with E-state index in [1.165, 1.54) is 38.5 Å². The van der Waals surface area contributed by atoms with Crippen LogP contribution in [0.15, 0.2) is 25.3 Å². The first kappa shape index (κ1) is 13.8. The van der Waals surface area contributed by atoms with Gasteiger partial charge in [0.1, 0.15) is 0 Å². The van der Waals surface area contributed by atoms with Crippen LogP contribution in [-0.4, -0.2) is 25.4 Å². The molecule has 0 radical (unpaired) electrons. The maximum Gasteiger partial charge on any atom is 0.0843 e. The van der Waals surface area contributed by atoms with Crippen molar-refractivity contribution in [2.45, 2.75) is 50.7 Å². The Morgan fingerprint density at radius 3 is 1.67 bits per heavy atom. The molecule has 0 bridgehead atoms. The number of hydrogen-bond acceptors (Lipinski definition) is 2. The molecule has 0 aromatic rings. The highest BCUT2D eigenvalue weighted by Gasteiger charge is 2.38. The Hall–Kier alpha value is -0.600. The summed E-state index contributed by atoms with van der Waals surface area (Å²) >= 11 is 0. The Morgan fingerprint density at radius 1 is 0.833 bits per heavy atom. The molecule has 0 N–H and O–H groups in total. The fraction of sp³-hybridized carbons (Fsp3) is 0.750. The minimum atomic E-state index is 0.252. The van der Waals surface area contributed by atoms with Crippen molar-refractivity contribution in [3.05, 3.63) is 25.3 Å². The molecule has 2 fully saturated rings. The van der Waals surface area contributed by atoms with Gasteiger partial charge in [-0.3, -0.25) is 0 Å². The van der Waals surface area contributed by atoms with Crippen LogP contribution in [0.25, 0.3) is 0 Å². The third-order valence-electron chi connectivity index (χ3n) is 4.41.